The maximum atomic E-state index is 12.0. The number of nitrogens with one attached hydrogen (secondary N) is 2. The van der Waals surface area contributed by atoms with Gasteiger partial charge in [0.25, 0.3) is 11.5 Å². The molecule has 132 valence electrons. The van der Waals surface area contributed by atoms with Crippen LogP contribution in [0.5, 0.6) is 11.5 Å². The van der Waals surface area contributed by atoms with Crippen LogP contribution in [0, 0.1) is 13.8 Å². The fourth-order valence-electron chi connectivity index (χ4n) is 2.36. The Morgan fingerprint density at radius 2 is 2.00 bits per heavy atom. The van der Waals surface area contributed by atoms with Crippen molar-refractivity contribution in [1.29, 1.82) is 0 Å². The number of benzene rings is 1. The Balaban J connectivity index is 1.96. The molecule has 1 amide bonds. The normalized spacial score (nSPS) is 10.2. The van der Waals surface area contributed by atoms with E-state index >= 15 is 0 Å². The number of pyridine rings is 1. The Bertz CT molecular complexity index is 842. The van der Waals surface area contributed by atoms with Gasteiger partial charge in [-0.25, -0.2) is 0 Å². The molecule has 0 spiro atoms. The van der Waals surface area contributed by atoms with Crippen molar-refractivity contribution in [1.82, 2.24) is 10.3 Å². The smallest absolute Gasteiger partial charge is 0.258 e. The molecule has 1 heterocycles. The topological polar surface area (TPSA) is 97.5 Å². The predicted molar refractivity (Wildman–Crippen MR) is 92.3 cm³/mol. The van der Waals surface area contributed by atoms with Crippen LogP contribution in [-0.4, -0.2) is 30.9 Å². The third-order valence-electron chi connectivity index (χ3n) is 3.64. The summed E-state index contributed by atoms with van der Waals surface area (Å²) in [6.07, 6.45) is 0.695. The Labute approximate surface area is 145 Å². The highest BCUT2D eigenvalue weighted by molar-refractivity contribution is 5.78. The minimum absolute atomic E-state index is 0.116. The lowest BCUT2D eigenvalue weighted by Gasteiger charge is -2.12. The van der Waals surface area contributed by atoms with Crippen molar-refractivity contribution in [3.05, 3.63) is 57.0 Å². The number of ether oxygens (including phenoxy) is 2. The molecule has 2 aromatic rings. The molecule has 1 aromatic heterocycles. The molecule has 0 aliphatic heterocycles. The van der Waals surface area contributed by atoms with Crippen molar-refractivity contribution in [2.45, 2.75) is 20.4 Å². The molecule has 2 rings (SSSR count). The minimum atomic E-state index is -0.374. The molecule has 25 heavy (non-hydrogen) atoms. The molecule has 0 fully saturated rings. The van der Waals surface area contributed by atoms with Crippen LogP contribution in [0.15, 0.2) is 29.1 Å². The van der Waals surface area contributed by atoms with Crippen LogP contribution in [0.1, 0.15) is 27.2 Å². The zero-order chi connectivity index (χ0) is 18.4. The van der Waals surface area contributed by atoms with Gasteiger partial charge < -0.3 is 19.8 Å². The minimum Gasteiger partial charge on any atom is -0.493 e. The van der Waals surface area contributed by atoms with Crippen molar-refractivity contribution in [3.8, 4) is 11.5 Å². The Morgan fingerprint density at radius 1 is 1.24 bits per heavy atom. The number of carbonyl (C=O) groups is 2. The van der Waals surface area contributed by atoms with E-state index in [1.165, 1.54) is 13.2 Å². The highest BCUT2D eigenvalue weighted by atomic mass is 16.5. The van der Waals surface area contributed by atoms with E-state index in [2.05, 4.69) is 10.3 Å². The van der Waals surface area contributed by atoms with Crippen molar-refractivity contribution in [3.63, 3.8) is 0 Å². The van der Waals surface area contributed by atoms with E-state index in [1.807, 2.05) is 13.0 Å². The number of rotatable bonds is 7. The molecule has 0 bridgehead atoms. The lowest BCUT2D eigenvalue weighted by molar-refractivity contribution is -0.123. The van der Waals surface area contributed by atoms with Crippen LogP contribution in [0.25, 0.3) is 0 Å². The second-order valence-corrected chi connectivity index (χ2v) is 5.54. The van der Waals surface area contributed by atoms with Crippen molar-refractivity contribution in [2.24, 2.45) is 0 Å². The van der Waals surface area contributed by atoms with E-state index < -0.39 is 0 Å². The Hall–Kier alpha value is -3.09. The van der Waals surface area contributed by atoms with Crippen LogP contribution in [0.2, 0.25) is 0 Å². The van der Waals surface area contributed by atoms with Gasteiger partial charge in [-0.3, -0.25) is 14.4 Å². The van der Waals surface area contributed by atoms with Gasteiger partial charge in [0, 0.05) is 23.4 Å². The van der Waals surface area contributed by atoms with Gasteiger partial charge >= 0.3 is 0 Å². The molecule has 0 unspecified atom stereocenters. The number of carbonyl (C=O) groups excluding carboxylic acids is 2. The highest BCUT2D eigenvalue weighted by Gasteiger charge is 2.10. The third kappa shape index (κ3) is 4.69. The number of H-pyrrole nitrogens is 1. The fourth-order valence-corrected chi connectivity index (χ4v) is 2.36. The quantitative estimate of drug-likeness (QED) is 0.742. The summed E-state index contributed by atoms with van der Waals surface area (Å²) in [4.78, 5) is 37.3. The van der Waals surface area contributed by atoms with Crippen LogP contribution >= 0.6 is 0 Å². The summed E-state index contributed by atoms with van der Waals surface area (Å²) in [5.74, 6) is 0.344. The van der Waals surface area contributed by atoms with Crippen LogP contribution < -0.4 is 20.3 Å². The van der Waals surface area contributed by atoms with Crippen LogP contribution in [0.3, 0.4) is 0 Å². The van der Waals surface area contributed by atoms with E-state index in [0.29, 0.717) is 28.9 Å². The lowest BCUT2D eigenvalue weighted by Crippen LogP contribution is -2.31. The molecule has 0 saturated heterocycles. The average Bonchev–Trinajstić information content (AvgIpc) is 2.58. The first-order chi connectivity index (χ1) is 11.9. The molecule has 1 aromatic carbocycles. The van der Waals surface area contributed by atoms with Gasteiger partial charge in [-0.2, -0.15) is 0 Å². The number of aryl methyl sites for hydroxylation is 2. The predicted octanol–water partition coefficient (Wildman–Crippen LogP) is 1.51. The summed E-state index contributed by atoms with van der Waals surface area (Å²) in [5.41, 5.74) is 2.32. The molecule has 2 N–H and O–H groups in total. The molecule has 0 aliphatic carbocycles. The van der Waals surface area contributed by atoms with Crippen molar-refractivity contribution >= 4 is 12.2 Å². The summed E-state index contributed by atoms with van der Waals surface area (Å²) in [5, 5.41) is 2.65. The first kappa shape index (κ1) is 18.3. The average molecular weight is 344 g/mol. The number of aldehydes is 1. The molecular formula is C18H20N2O5. The molecule has 0 saturated carbocycles. The SMILES string of the molecule is COc1cc(C=O)ccc1OCC(=O)NCc1c(C)cc(C)[nH]c1=O. The van der Waals surface area contributed by atoms with Crippen LogP contribution in [-0.2, 0) is 11.3 Å². The molecule has 0 atom stereocenters. The first-order valence-electron chi connectivity index (χ1n) is 7.66. The van der Waals surface area contributed by atoms with E-state index in [1.54, 1.807) is 19.1 Å². The molecule has 0 aliphatic rings. The number of hydrogen-bond acceptors (Lipinski definition) is 5. The van der Waals surface area contributed by atoms with E-state index in [4.69, 9.17) is 9.47 Å². The number of aromatic amines is 1. The fraction of sp³-hybridized carbons (Fsp3) is 0.278. The number of aromatic nitrogens is 1. The van der Waals surface area contributed by atoms with Gasteiger partial charge in [0.2, 0.25) is 0 Å². The van der Waals surface area contributed by atoms with Crippen molar-refractivity contribution < 1.29 is 19.1 Å². The second-order valence-electron chi connectivity index (χ2n) is 5.54. The second kappa shape index (κ2) is 8.14. The van der Waals surface area contributed by atoms with Gasteiger partial charge in [0.1, 0.15) is 6.29 Å². The highest BCUT2D eigenvalue weighted by Crippen LogP contribution is 2.27. The largest absolute Gasteiger partial charge is 0.493 e. The standard InChI is InChI=1S/C18H20N2O5/c1-11-6-12(2)20-18(23)14(11)8-19-17(22)10-25-15-5-4-13(9-21)7-16(15)24-3/h4-7,9H,8,10H2,1-3H3,(H,19,22)(H,20,23). The van der Waals surface area contributed by atoms with Gasteiger partial charge in [0.05, 0.1) is 7.11 Å². The zero-order valence-corrected chi connectivity index (χ0v) is 14.3. The first-order valence-corrected chi connectivity index (χ1v) is 7.66. The summed E-state index contributed by atoms with van der Waals surface area (Å²) < 4.78 is 10.5. The molecular weight excluding hydrogens is 324 g/mol. The van der Waals surface area contributed by atoms with Gasteiger partial charge in [0.15, 0.2) is 18.1 Å². The van der Waals surface area contributed by atoms with E-state index in [0.717, 1.165) is 11.3 Å². The molecule has 0 radical (unpaired) electrons. The maximum absolute atomic E-state index is 12.0. The van der Waals surface area contributed by atoms with Gasteiger partial charge in [-0.15, -0.1) is 0 Å². The van der Waals surface area contributed by atoms with Crippen molar-refractivity contribution in [2.75, 3.05) is 13.7 Å². The summed E-state index contributed by atoms with van der Waals surface area (Å²) >= 11 is 0. The van der Waals surface area contributed by atoms with E-state index in [9.17, 15) is 14.4 Å². The molecule has 7 nitrogen and oxygen atoms in total. The zero-order valence-electron chi connectivity index (χ0n) is 14.3. The maximum Gasteiger partial charge on any atom is 0.258 e. The van der Waals surface area contributed by atoms with E-state index in [-0.39, 0.29) is 24.6 Å². The summed E-state index contributed by atoms with van der Waals surface area (Å²) in [7, 11) is 1.45. The summed E-state index contributed by atoms with van der Waals surface area (Å²) in [6, 6.07) is 6.50. The number of methoxy groups -OCH3 is 1. The number of hydrogen-bond donors (Lipinski definition) is 2. The van der Waals surface area contributed by atoms with Gasteiger partial charge in [-0.05, 0) is 43.7 Å². The Kier molecular flexibility index (Phi) is 5.94. The lowest BCUT2D eigenvalue weighted by atomic mass is 10.1. The van der Waals surface area contributed by atoms with Gasteiger partial charge in [-0.1, -0.05) is 0 Å². The monoisotopic (exact) mass is 344 g/mol. The third-order valence-corrected chi connectivity index (χ3v) is 3.64. The summed E-state index contributed by atoms with van der Waals surface area (Å²) in [6.45, 7) is 3.50. The molecule has 7 heteroatoms. The number of amides is 1. The Morgan fingerprint density at radius 3 is 2.64 bits per heavy atom. The van der Waals surface area contributed by atoms with Crippen LogP contribution in [0.4, 0.5) is 0 Å².